The third-order valence-corrected chi connectivity index (χ3v) is 6.13. The number of halogens is 2. The Hall–Kier alpha value is -3.12. The molecule has 0 bridgehead atoms. The van der Waals surface area contributed by atoms with Gasteiger partial charge in [0.2, 0.25) is 5.91 Å². The summed E-state index contributed by atoms with van der Waals surface area (Å²) in [4.78, 5) is 17.2. The van der Waals surface area contributed by atoms with E-state index in [9.17, 15) is 13.6 Å². The highest BCUT2D eigenvalue weighted by molar-refractivity contribution is 5.83. The normalized spacial score (nSPS) is 15.3. The van der Waals surface area contributed by atoms with Gasteiger partial charge in [-0.2, -0.15) is 0 Å². The molecule has 0 saturated carbocycles. The fourth-order valence-corrected chi connectivity index (χ4v) is 4.19. The number of carbonyl (C=O) groups is 1. The van der Waals surface area contributed by atoms with Crippen molar-refractivity contribution in [3.05, 3.63) is 89.8 Å². The number of hydrogen-bond acceptors (Lipinski definition) is 3. The van der Waals surface area contributed by atoms with E-state index in [2.05, 4.69) is 10.3 Å². The second kappa shape index (κ2) is 10.0. The van der Waals surface area contributed by atoms with Gasteiger partial charge in [-0.1, -0.05) is 30.3 Å². The van der Waals surface area contributed by atoms with Crippen LogP contribution in [-0.2, 0) is 22.4 Å². The Morgan fingerprint density at radius 3 is 2.28 bits per heavy atom. The molecule has 0 spiro atoms. The quantitative estimate of drug-likeness (QED) is 0.583. The van der Waals surface area contributed by atoms with E-state index in [4.69, 9.17) is 4.74 Å². The Morgan fingerprint density at radius 1 is 0.906 bits per heavy atom. The van der Waals surface area contributed by atoms with Crippen molar-refractivity contribution in [1.29, 1.82) is 0 Å². The fraction of sp³-hybridized carbons (Fsp3) is 0.308. The molecule has 4 rings (SSSR count). The smallest absolute Gasteiger partial charge is 0.226 e. The van der Waals surface area contributed by atoms with E-state index in [1.165, 1.54) is 6.07 Å². The maximum absolute atomic E-state index is 13.6. The van der Waals surface area contributed by atoms with Crippen molar-refractivity contribution in [1.82, 2.24) is 10.3 Å². The lowest BCUT2D eigenvalue weighted by Crippen LogP contribution is -2.46. The molecule has 1 amide bonds. The SMILES string of the molecule is O=C(NCCc1ccncc1)C1(Cc2ccc(-c3ccc(F)c(F)c3)cc2)CCOCC1. The molecule has 1 aliphatic heterocycles. The molecular weight excluding hydrogens is 410 g/mol. The number of carbonyl (C=O) groups excluding carboxylic acids is 1. The molecule has 1 saturated heterocycles. The van der Waals surface area contributed by atoms with Crippen LogP contribution in [0.25, 0.3) is 11.1 Å². The van der Waals surface area contributed by atoms with Gasteiger partial charge in [0.15, 0.2) is 11.6 Å². The first-order valence-corrected chi connectivity index (χ1v) is 10.9. The van der Waals surface area contributed by atoms with Crippen molar-refractivity contribution in [2.75, 3.05) is 19.8 Å². The van der Waals surface area contributed by atoms with E-state index in [1.54, 1.807) is 18.5 Å². The van der Waals surface area contributed by atoms with E-state index >= 15 is 0 Å². The lowest BCUT2D eigenvalue weighted by atomic mass is 9.74. The van der Waals surface area contributed by atoms with Crippen LogP contribution in [0.5, 0.6) is 0 Å². The van der Waals surface area contributed by atoms with E-state index in [0.717, 1.165) is 29.2 Å². The highest BCUT2D eigenvalue weighted by Crippen LogP contribution is 2.35. The van der Waals surface area contributed by atoms with Gasteiger partial charge in [0, 0.05) is 32.2 Å². The second-order valence-corrected chi connectivity index (χ2v) is 8.26. The maximum atomic E-state index is 13.6. The lowest BCUT2D eigenvalue weighted by molar-refractivity contribution is -0.136. The summed E-state index contributed by atoms with van der Waals surface area (Å²) in [5, 5.41) is 3.12. The molecule has 0 atom stereocenters. The molecule has 2 aromatic carbocycles. The lowest BCUT2D eigenvalue weighted by Gasteiger charge is -2.36. The number of nitrogens with zero attached hydrogens (tertiary/aromatic N) is 1. The summed E-state index contributed by atoms with van der Waals surface area (Å²) < 4.78 is 32.3. The van der Waals surface area contributed by atoms with Crippen LogP contribution in [0.3, 0.4) is 0 Å². The first kappa shape index (κ1) is 22.1. The van der Waals surface area contributed by atoms with Crippen LogP contribution in [0.2, 0.25) is 0 Å². The van der Waals surface area contributed by atoms with Crippen LogP contribution < -0.4 is 5.32 Å². The zero-order valence-electron chi connectivity index (χ0n) is 17.8. The molecular formula is C26H26F2N2O2. The van der Waals surface area contributed by atoms with Crippen molar-refractivity contribution in [3.63, 3.8) is 0 Å². The number of pyridine rings is 1. The van der Waals surface area contributed by atoms with Crippen LogP contribution in [0.15, 0.2) is 67.0 Å². The van der Waals surface area contributed by atoms with Gasteiger partial charge >= 0.3 is 0 Å². The summed E-state index contributed by atoms with van der Waals surface area (Å²) in [5.74, 6) is -1.67. The Kier molecular flexibility index (Phi) is 6.90. The van der Waals surface area contributed by atoms with Crippen molar-refractivity contribution < 1.29 is 18.3 Å². The molecule has 166 valence electrons. The largest absolute Gasteiger partial charge is 0.381 e. The molecule has 3 aromatic rings. The Morgan fingerprint density at radius 2 is 1.59 bits per heavy atom. The molecule has 0 unspecified atom stereocenters. The number of aromatic nitrogens is 1. The summed E-state index contributed by atoms with van der Waals surface area (Å²) in [6, 6.07) is 15.5. The minimum atomic E-state index is -0.865. The number of amides is 1. The first-order chi connectivity index (χ1) is 15.6. The maximum Gasteiger partial charge on any atom is 0.226 e. The van der Waals surface area contributed by atoms with Crippen molar-refractivity contribution in [2.45, 2.75) is 25.7 Å². The van der Waals surface area contributed by atoms with Gasteiger partial charge in [-0.05, 0) is 72.2 Å². The van der Waals surface area contributed by atoms with E-state index < -0.39 is 17.0 Å². The Bertz CT molecular complexity index is 1050. The van der Waals surface area contributed by atoms with Crippen molar-refractivity contribution in [2.24, 2.45) is 5.41 Å². The third-order valence-electron chi connectivity index (χ3n) is 6.13. The molecule has 1 aromatic heterocycles. The van der Waals surface area contributed by atoms with Crippen LogP contribution >= 0.6 is 0 Å². The molecule has 6 heteroatoms. The number of benzene rings is 2. The number of nitrogens with one attached hydrogen (secondary N) is 1. The van der Waals surface area contributed by atoms with E-state index in [0.29, 0.717) is 44.6 Å². The topological polar surface area (TPSA) is 51.2 Å². The zero-order valence-corrected chi connectivity index (χ0v) is 17.8. The van der Waals surface area contributed by atoms with Gasteiger partial charge in [-0.25, -0.2) is 8.78 Å². The van der Waals surface area contributed by atoms with Crippen LogP contribution in [0.4, 0.5) is 8.78 Å². The molecule has 1 N–H and O–H groups in total. The first-order valence-electron chi connectivity index (χ1n) is 10.9. The van der Waals surface area contributed by atoms with Crippen LogP contribution in [-0.4, -0.2) is 30.6 Å². The van der Waals surface area contributed by atoms with Gasteiger partial charge < -0.3 is 10.1 Å². The molecule has 1 aliphatic rings. The van der Waals surface area contributed by atoms with Crippen LogP contribution in [0.1, 0.15) is 24.0 Å². The predicted octanol–water partition coefficient (Wildman–Crippen LogP) is 4.73. The second-order valence-electron chi connectivity index (χ2n) is 8.26. The average molecular weight is 437 g/mol. The highest BCUT2D eigenvalue weighted by atomic mass is 19.2. The summed E-state index contributed by atoms with van der Waals surface area (Å²) >= 11 is 0. The minimum absolute atomic E-state index is 0.0551. The van der Waals surface area contributed by atoms with E-state index in [-0.39, 0.29) is 5.91 Å². The summed E-state index contributed by atoms with van der Waals surface area (Å²) in [5.41, 5.74) is 3.07. The standard InChI is InChI=1S/C26H26F2N2O2/c27-23-6-5-22(17-24(23)28)21-3-1-20(2-4-21)18-26(10-15-32-16-11-26)25(31)30-14-9-19-7-12-29-13-8-19/h1-8,12-13,17H,9-11,14-16,18H2,(H,30,31). The summed E-state index contributed by atoms with van der Waals surface area (Å²) in [6.07, 6.45) is 6.19. The Labute approximate surface area is 186 Å². The molecule has 0 aliphatic carbocycles. The van der Waals surface area contributed by atoms with Gasteiger partial charge in [0.1, 0.15) is 0 Å². The average Bonchev–Trinajstić information content (AvgIpc) is 2.82. The highest BCUT2D eigenvalue weighted by Gasteiger charge is 2.39. The summed E-state index contributed by atoms with van der Waals surface area (Å²) in [7, 11) is 0. The van der Waals surface area contributed by atoms with Crippen LogP contribution in [0, 0.1) is 17.0 Å². The fourth-order valence-electron chi connectivity index (χ4n) is 4.19. The third kappa shape index (κ3) is 5.19. The number of rotatable bonds is 7. The van der Waals surface area contributed by atoms with Gasteiger partial charge in [-0.3, -0.25) is 9.78 Å². The van der Waals surface area contributed by atoms with E-state index in [1.807, 2.05) is 36.4 Å². The Balaban J connectivity index is 1.44. The van der Waals surface area contributed by atoms with Crippen molar-refractivity contribution in [3.8, 4) is 11.1 Å². The predicted molar refractivity (Wildman–Crippen MR) is 119 cm³/mol. The summed E-state index contributed by atoms with van der Waals surface area (Å²) in [6.45, 7) is 1.69. The zero-order chi connectivity index (χ0) is 22.4. The minimum Gasteiger partial charge on any atom is -0.381 e. The van der Waals surface area contributed by atoms with Crippen molar-refractivity contribution >= 4 is 5.91 Å². The molecule has 1 fully saturated rings. The van der Waals surface area contributed by atoms with Gasteiger partial charge in [0.25, 0.3) is 0 Å². The molecule has 32 heavy (non-hydrogen) atoms. The molecule has 0 radical (unpaired) electrons. The van der Waals surface area contributed by atoms with Gasteiger partial charge in [0.05, 0.1) is 5.41 Å². The van der Waals surface area contributed by atoms with Gasteiger partial charge in [-0.15, -0.1) is 0 Å². The number of ether oxygens (including phenoxy) is 1. The molecule has 4 nitrogen and oxygen atoms in total. The molecule has 2 heterocycles. The monoisotopic (exact) mass is 436 g/mol. The number of hydrogen-bond donors (Lipinski definition) is 1.